The van der Waals surface area contributed by atoms with Crippen molar-refractivity contribution in [2.24, 2.45) is 0 Å². The highest BCUT2D eigenvalue weighted by Gasteiger charge is 2.86. The van der Waals surface area contributed by atoms with E-state index in [0.29, 0.717) is 7.11 Å². The molecule has 0 aliphatic heterocycles. The lowest BCUT2D eigenvalue weighted by molar-refractivity contribution is -0.463. The quantitative estimate of drug-likeness (QED) is 0.572. The van der Waals surface area contributed by atoms with Crippen LogP contribution in [0.25, 0.3) is 0 Å². The van der Waals surface area contributed by atoms with Crippen LogP contribution in [0.1, 0.15) is 11.7 Å². The maximum absolute atomic E-state index is 12.9. The van der Waals surface area contributed by atoms with Crippen LogP contribution in [0.2, 0.25) is 0 Å². The first-order valence-electron chi connectivity index (χ1n) is 6.20. The van der Waals surface area contributed by atoms with E-state index >= 15 is 0 Å². The maximum atomic E-state index is 12.9. The van der Waals surface area contributed by atoms with E-state index in [1.807, 2.05) is 0 Å². The van der Waals surface area contributed by atoms with Crippen molar-refractivity contribution in [1.29, 1.82) is 0 Å². The smallest absolute Gasteiger partial charge is 0.435 e. The van der Waals surface area contributed by atoms with Gasteiger partial charge in [0.2, 0.25) is 0 Å². The number of hydrogen-bond donors (Lipinski definition) is 0. The van der Waals surface area contributed by atoms with E-state index < -0.39 is 41.8 Å². The van der Waals surface area contributed by atoms with Gasteiger partial charge in [-0.15, -0.1) is 0 Å². The molecule has 0 saturated heterocycles. The molecule has 1 aromatic rings. The summed E-state index contributed by atoms with van der Waals surface area (Å²) in [6.07, 6.45) is -23.8. The van der Waals surface area contributed by atoms with Crippen LogP contribution in [0.15, 0.2) is 30.3 Å². The second-order valence-electron chi connectivity index (χ2n) is 4.61. The molecule has 0 bridgehead atoms. The molecule has 142 valence electrons. The Balaban J connectivity index is 3.62. The van der Waals surface area contributed by atoms with Crippen LogP contribution in [0.3, 0.4) is 0 Å². The Kier molecular flexibility index (Phi) is 5.67. The van der Waals surface area contributed by atoms with Crippen molar-refractivity contribution in [3.63, 3.8) is 0 Å². The summed E-state index contributed by atoms with van der Waals surface area (Å²) in [7, 11) is 0.568. The predicted octanol–water partition coefficient (Wildman–Crippen LogP) is 4.34. The molecule has 12 heteroatoms. The molecule has 3 nitrogen and oxygen atoms in total. The molecule has 0 saturated carbocycles. The minimum Gasteiger partial charge on any atom is -0.467 e. The van der Waals surface area contributed by atoms with E-state index in [1.54, 1.807) is 0 Å². The van der Waals surface area contributed by atoms with Crippen molar-refractivity contribution in [2.75, 3.05) is 7.11 Å². The Bertz CT molecular complexity index is 553. The molecule has 25 heavy (non-hydrogen) atoms. The Labute approximate surface area is 134 Å². The van der Waals surface area contributed by atoms with Gasteiger partial charge in [-0.1, -0.05) is 30.3 Å². The zero-order chi connectivity index (χ0) is 19.7. The van der Waals surface area contributed by atoms with Crippen LogP contribution < -0.4 is 0 Å². The molecular weight excluding hydrogens is 375 g/mol. The molecule has 0 unspecified atom stereocenters. The van der Waals surface area contributed by atoms with Gasteiger partial charge in [0.15, 0.2) is 6.10 Å². The normalized spacial score (nSPS) is 15.0. The lowest BCUT2D eigenvalue weighted by Crippen LogP contribution is -2.68. The standard InChI is InChI=1S/C13H9F9O3/c1-24-9(23)8(7-5-3-2-4-6-7)25-10(11(14,15)16,12(17,18)19)13(20,21)22/h2-6,8H,1H3/t8-/m0/s1. The van der Waals surface area contributed by atoms with E-state index in [2.05, 4.69) is 9.47 Å². The van der Waals surface area contributed by atoms with Crippen LogP contribution in [-0.2, 0) is 14.3 Å². The third kappa shape index (κ3) is 3.83. The van der Waals surface area contributed by atoms with Crippen molar-refractivity contribution < 1.29 is 53.8 Å². The highest BCUT2D eigenvalue weighted by atomic mass is 19.4. The Morgan fingerprint density at radius 1 is 0.840 bits per heavy atom. The molecule has 0 radical (unpaired) electrons. The number of rotatable bonds is 4. The molecule has 1 rings (SSSR count). The number of esters is 1. The van der Waals surface area contributed by atoms with Crippen LogP contribution in [0.5, 0.6) is 0 Å². The number of carbonyl (C=O) groups excluding carboxylic acids is 1. The van der Waals surface area contributed by atoms with Crippen LogP contribution >= 0.6 is 0 Å². The molecule has 0 aliphatic carbocycles. The number of alkyl halides is 9. The molecule has 0 aromatic heterocycles. The average molecular weight is 384 g/mol. The summed E-state index contributed by atoms with van der Waals surface area (Å²) < 4.78 is 123. The Morgan fingerprint density at radius 3 is 1.56 bits per heavy atom. The van der Waals surface area contributed by atoms with Gasteiger partial charge in [-0.2, -0.15) is 39.5 Å². The zero-order valence-electron chi connectivity index (χ0n) is 12.1. The second kappa shape index (κ2) is 6.73. The number of benzene rings is 1. The molecule has 0 aliphatic rings. The van der Waals surface area contributed by atoms with E-state index in [0.717, 1.165) is 24.3 Å². The van der Waals surface area contributed by atoms with Gasteiger partial charge < -0.3 is 9.47 Å². The molecular formula is C13H9F9O3. The van der Waals surface area contributed by atoms with Crippen molar-refractivity contribution in [2.45, 2.75) is 30.2 Å². The van der Waals surface area contributed by atoms with Crippen LogP contribution in [0.4, 0.5) is 39.5 Å². The summed E-state index contributed by atoms with van der Waals surface area (Å²) in [5.74, 6) is -1.87. The molecule has 1 aromatic carbocycles. The fraction of sp³-hybridized carbons (Fsp3) is 0.462. The second-order valence-corrected chi connectivity index (χ2v) is 4.61. The molecule has 0 N–H and O–H groups in total. The molecule has 1 atom stereocenters. The maximum Gasteiger partial charge on any atom is 0.435 e. The van der Waals surface area contributed by atoms with Crippen LogP contribution in [-0.4, -0.2) is 37.2 Å². The van der Waals surface area contributed by atoms with Crippen molar-refractivity contribution in [3.8, 4) is 0 Å². The Morgan fingerprint density at radius 2 is 1.24 bits per heavy atom. The van der Waals surface area contributed by atoms with Gasteiger partial charge >= 0.3 is 30.1 Å². The predicted molar refractivity (Wildman–Crippen MR) is 63.2 cm³/mol. The van der Waals surface area contributed by atoms with Gasteiger partial charge in [0.05, 0.1) is 7.11 Å². The van der Waals surface area contributed by atoms with Gasteiger partial charge in [-0.3, -0.25) is 0 Å². The van der Waals surface area contributed by atoms with Gasteiger partial charge in [0.25, 0.3) is 0 Å². The third-order valence-electron chi connectivity index (χ3n) is 3.01. The summed E-state index contributed by atoms with van der Waals surface area (Å²) >= 11 is 0. The molecule has 0 spiro atoms. The monoisotopic (exact) mass is 384 g/mol. The summed E-state index contributed by atoms with van der Waals surface area (Å²) in [5.41, 5.74) is -7.27. The van der Waals surface area contributed by atoms with Gasteiger partial charge in [0.1, 0.15) is 0 Å². The highest BCUT2D eigenvalue weighted by molar-refractivity contribution is 5.76. The average Bonchev–Trinajstić information content (AvgIpc) is 2.44. The number of hydrogen-bond acceptors (Lipinski definition) is 3. The number of carbonyl (C=O) groups is 1. The highest BCUT2D eigenvalue weighted by Crippen LogP contribution is 2.56. The van der Waals surface area contributed by atoms with Crippen molar-refractivity contribution >= 4 is 5.97 Å². The van der Waals surface area contributed by atoms with E-state index in [9.17, 15) is 44.3 Å². The first-order chi connectivity index (χ1) is 11.2. The van der Waals surface area contributed by atoms with Gasteiger partial charge in [-0.05, 0) is 5.56 Å². The summed E-state index contributed by atoms with van der Waals surface area (Å²) in [5, 5.41) is 0. The van der Waals surface area contributed by atoms with Crippen molar-refractivity contribution in [3.05, 3.63) is 35.9 Å². The van der Waals surface area contributed by atoms with Crippen molar-refractivity contribution in [1.82, 2.24) is 0 Å². The van der Waals surface area contributed by atoms with Gasteiger partial charge in [0, 0.05) is 0 Å². The molecule has 0 fully saturated rings. The number of halogens is 9. The first-order valence-corrected chi connectivity index (χ1v) is 6.20. The van der Waals surface area contributed by atoms with E-state index in [4.69, 9.17) is 0 Å². The lowest BCUT2D eigenvalue weighted by atomic mass is 10.00. The molecule has 0 amide bonds. The van der Waals surface area contributed by atoms with Crippen LogP contribution in [0, 0.1) is 0 Å². The summed E-state index contributed by atoms with van der Waals surface area (Å²) in [6, 6.07) is 5.05. The minimum atomic E-state index is -6.95. The lowest BCUT2D eigenvalue weighted by Gasteiger charge is -2.39. The van der Waals surface area contributed by atoms with E-state index in [1.165, 1.54) is 6.07 Å². The first kappa shape index (κ1) is 21.1. The third-order valence-corrected chi connectivity index (χ3v) is 3.01. The fourth-order valence-electron chi connectivity index (χ4n) is 1.85. The molecule has 0 heterocycles. The number of ether oxygens (including phenoxy) is 2. The Hall–Kier alpha value is -1.98. The topological polar surface area (TPSA) is 35.5 Å². The summed E-state index contributed by atoms with van der Waals surface area (Å²) in [4.78, 5) is 11.5. The summed E-state index contributed by atoms with van der Waals surface area (Å²) in [6.45, 7) is 0. The van der Waals surface area contributed by atoms with Gasteiger partial charge in [-0.25, -0.2) is 4.79 Å². The minimum absolute atomic E-state index is 0.568. The fourth-order valence-corrected chi connectivity index (χ4v) is 1.85. The SMILES string of the molecule is COC(=O)[C@@H](OC(C(F)(F)F)(C(F)(F)F)C(F)(F)F)c1ccccc1. The number of methoxy groups -OCH3 is 1. The zero-order valence-corrected chi connectivity index (χ0v) is 12.1. The van der Waals surface area contributed by atoms with E-state index in [-0.39, 0.29) is 0 Å². The largest absolute Gasteiger partial charge is 0.467 e.